The molecule has 0 saturated carbocycles. The molecule has 0 atom stereocenters. The fourth-order valence-electron chi connectivity index (χ4n) is 2.36. The van der Waals surface area contributed by atoms with Gasteiger partial charge in [-0.15, -0.1) is 0 Å². The van der Waals surface area contributed by atoms with Gasteiger partial charge in [-0.25, -0.2) is 13.4 Å². The Morgan fingerprint density at radius 2 is 1.70 bits per heavy atom. The van der Waals surface area contributed by atoms with Crippen molar-refractivity contribution in [2.75, 3.05) is 4.72 Å². The summed E-state index contributed by atoms with van der Waals surface area (Å²) in [7, 11) is -3.63. The molecule has 3 aromatic rings. The van der Waals surface area contributed by atoms with Crippen molar-refractivity contribution in [3.05, 3.63) is 64.8 Å². The van der Waals surface area contributed by atoms with Crippen LogP contribution in [0, 0.1) is 13.8 Å². The van der Waals surface area contributed by atoms with Crippen LogP contribution in [0.3, 0.4) is 0 Å². The Labute approximate surface area is 140 Å². The maximum atomic E-state index is 12.4. The molecule has 0 aliphatic rings. The van der Waals surface area contributed by atoms with E-state index in [1.807, 2.05) is 19.9 Å². The van der Waals surface area contributed by atoms with Gasteiger partial charge < -0.3 is 0 Å². The van der Waals surface area contributed by atoms with Gasteiger partial charge in [0, 0.05) is 5.39 Å². The lowest BCUT2D eigenvalue weighted by atomic mass is 10.1. The van der Waals surface area contributed by atoms with E-state index in [1.165, 1.54) is 0 Å². The van der Waals surface area contributed by atoms with Crippen LogP contribution in [0.15, 0.2) is 53.4 Å². The highest BCUT2D eigenvalue weighted by Gasteiger charge is 2.14. The third-order valence-electron chi connectivity index (χ3n) is 3.57. The molecule has 0 aliphatic heterocycles. The predicted octanol–water partition coefficient (Wildman–Crippen LogP) is 4.31. The minimum absolute atomic E-state index is 0.221. The van der Waals surface area contributed by atoms with Crippen LogP contribution in [0.1, 0.15) is 11.1 Å². The number of aryl methyl sites for hydroxylation is 2. The molecule has 0 fully saturated rings. The van der Waals surface area contributed by atoms with Crippen molar-refractivity contribution in [1.29, 1.82) is 0 Å². The molecule has 0 amide bonds. The zero-order chi connectivity index (χ0) is 16.6. The Balaban J connectivity index is 1.99. The van der Waals surface area contributed by atoms with E-state index in [0.717, 1.165) is 16.5 Å². The van der Waals surface area contributed by atoms with Gasteiger partial charge in [-0.1, -0.05) is 35.4 Å². The van der Waals surface area contributed by atoms with Gasteiger partial charge in [-0.05, 0) is 49.7 Å². The average molecular weight is 347 g/mol. The van der Waals surface area contributed by atoms with Crippen molar-refractivity contribution in [2.24, 2.45) is 0 Å². The monoisotopic (exact) mass is 346 g/mol. The summed E-state index contributed by atoms with van der Waals surface area (Å²) < 4.78 is 27.4. The van der Waals surface area contributed by atoms with E-state index in [-0.39, 0.29) is 4.90 Å². The first-order valence-corrected chi connectivity index (χ1v) is 8.88. The number of hydrogen-bond acceptors (Lipinski definition) is 3. The smallest absolute Gasteiger partial charge is 0.261 e. The van der Waals surface area contributed by atoms with Crippen molar-refractivity contribution in [1.82, 2.24) is 4.98 Å². The average Bonchev–Trinajstić information content (AvgIpc) is 2.46. The van der Waals surface area contributed by atoms with Gasteiger partial charge in [0.25, 0.3) is 10.0 Å². The van der Waals surface area contributed by atoms with E-state index in [4.69, 9.17) is 11.6 Å². The summed E-state index contributed by atoms with van der Waals surface area (Å²) >= 11 is 5.97. The third-order valence-corrected chi connectivity index (χ3v) is 5.16. The molecule has 2 aromatic carbocycles. The number of aromatic nitrogens is 1. The first-order chi connectivity index (χ1) is 10.8. The molecule has 0 radical (unpaired) electrons. The fraction of sp³-hybridized carbons (Fsp3) is 0.118. The summed E-state index contributed by atoms with van der Waals surface area (Å²) in [5.41, 5.74) is 3.10. The van der Waals surface area contributed by atoms with Gasteiger partial charge in [0.2, 0.25) is 0 Å². The van der Waals surface area contributed by atoms with Crippen LogP contribution in [0.2, 0.25) is 5.15 Å². The molecule has 4 nitrogen and oxygen atoms in total. The van der Waals surface area contributed by atoms with Crippen LogP contribution >= 0.6 is 11.6 Å². The molecule has 0 bridgehead atoms. The zero-order valence-corrected chi connectivity index (χ0v) is 14.2. The van der Waals surface area contributed by atoms with Gasteiger partial charge >= 0.3 is 0 Å². The Morgan fingerprint density at radius 3 is 2.39 bits per heavy atom. The molecular formula is C17H15ClN2O2S. The summed E-state index contributed by atoms with van der Waals surface area (Å²) in [6.07, 6.45) is 0. The maximum Gasteiger partial charge on any atom is 0.261 e. The van der Waals surface area contributed by atoms with E-state index >= 15 is 0 Å². The fourth-order valence-corrected chi connectivity index (χ4v) is 3.66. The summed E-state index contributed by atoms with van der Waals surface area (Å²) in [6.45, 7) is 3.84. The second-order valence-electron chi connectivity index (χ2n) is 5.41. The van der Waals surface area contributed by atoms with Crippen molar-refractivity contribution >= 4 is 38.2 Å². The highest BCUT2D eigenvalue weighted by molar-refractivity contribution is 7.92. The third kappa shape index (κ3) is 3.30. The van der Waals surface area contributed by atoms with E-state index in [2.05, 4.69) is 9.71 Å². The van der Waals surface area contributed by atoms with Gasteiger partial charge in [-0.2, -0.15) is 0 Å². The Kier molecular flexibility index (Phi) is 4.00. The van der Waals surface area contributed by atoms with Crippen molar-refractivity contribution in [3.63, 3.8) is 0 Å². The number of nitrogens with one attached hydrogen (secondary N) is 1. The van der Waals surface area contributed by atoms with Crippen LogP contribution < -0.4 is 4.72 Å². The highest BCUT2D eigenvalue weighted by Crippen LogP contribution is 2.25. The van der Waals surface area contributed by atoms with E-state index < -0.39 is 10.0 Å². The van der Waals surface area contributed by atoms with Crippen LogP contribution in [0.5, 0.6) is 0 Å². The van der Waals surface area contributed by atoms with Crippen LogP contribution in [0.25, 0.3) is 10.9 Å². The highest BCUT2D eigenvalue weighted by atomic mass is 35.5. The van der Waals surface area contributed by atoms with Crippen molar-refractivity contribution in [3.8, 4) is 0 Å². The molecule has 3 rings (SSSR count). The molecule has 0 aliphatic carbocycles. The Morgan fingerprint density at radius 1 is 1.00 bits per heavy atom. The standard InChI is InChI=1S/C17H15ClN2O2S/c1-11-3-6-14(7-4-11)23(21,22)20-13-5-8-15-12(2)9-17(18)19-16(15)10-13/h3-10,20H,1-2H3. The summed E-state index contributed by atoms with van der Waals surface area (Å²) in [6, 6.07) is 13.7. The molecule has 0 unspecified atom stereocenters. The predicted molar refractivity (Wildman–Crippen MR) is 93.5 cm³/mol. The Bertz CT molecular complexity index is 983. The molecular weight excluding hydrogens is 332 g/mol. The summed E-state index contributed by atoms with van der Waals surface area (Å²) in [5, 5.41) is 1.32. The number of hydrogen-bond donors (Lipinski definition) is 1. The SMILES string of the molecule is Cc1ccc(S(=O)(=O)Nc2ccc3c(C)cc(Cl)nc3c2)cc1. The second-order valence-corrected chi connectivity index (χ2v) is 7.48. The maximum absolute atomic E-state index is 12.4. The molecule has 0 spiro atoms. The molecule has 1 N–H and O–H groups in total. The van der Waals surface area contributed by atoms with E-state index in [1.54, 1.807) is 42.5 Å². The number of pyridine rings is 1. The lowest BCUT2D eigenvalue weighted by Crippen LogP contribution is -2.12. The van der Waals surface area contributed by atoms with Crippen molar-refractivity contribution < 1.29 is 8.42 Å². The van der Waals surface area contributed by atoms with E-state index in [9.17, 15) is 8.42 Å². The van der Waals surface area contributed by atoms with Gasteiger partial charge in [0.1, 0.15) is 5.15 Å². The van der Waals surface area contributed by atoms with Crippen LogP contribution in [-0.2, 0) is 10.0 Å². The topological polar surface area (TPSA) is 59.1 Å². The number of halogens is 1. The Hall–Kier alpha value is -2.11. The lowest BCUT2D eigenvalue weighted by molar-refractivity contribution is 0.601. The number of sulfonamides is 1. The molecule has 6 heteroatoms. The number of nitrogens with zero attached hydrogens (tertiary/aromatic N) is 1. The van der Waals surface area contributed by atoms with Crippen LogP contribution in [0.4, 0.5) is 5.69 Å². The first kappa shape index (κ1) is 15.8. The van der Waals surface area contributed by atoms with Crippen LogP contribution in [-0.4, -0.2) is 13.4 Å². The minimum Gasteiger partial charge on any atom is -0.280 e. The largest absolute Gasteiger partial charge is 0.280 e. The van der Waals surface area contributed by atoms with Crippen molar-refractivity contribution in [2.45, 2.75) is 18.7 Å². The van der Waals surface area contributed by atoms with E-state index in [0.29, 0.717) is 16.4 Å². The van der Waals surface area contributed by atoms with Gasteiger partial charge in [-0.3, -0.25) is 4.72 Å². The number of benzene rings is 2. The zero-order valence-electron chi connectivity index (χ0n) is 12.7. The van der Waals surface area contributed by atoms with Gasteiger partial charge in [0.05, 0.1) is 16.1 Å². The molecule has 118 valence electrons. The number of rotatable bonds is 3. The molecule has 0 saturated heterocycles. The molecule has 1 heterocycles. The molecule has 1 aromatic heterocycles. The summed E-state index contributed by atoms with van der Waals surface area (Å²) in [5.74, 6) is 0. The first-order valence-electron chi connectivity index (χ1n) is 7.01. The molecule has 23 heavy (non-hydrogen) atoms. The quantitative estimate of drug-likeness (QED) is 0.719. The minimum atomic E-state index is -3.63. The lowest BCUT2D eigenvalue weighted by Gasteiger charge is -2.10. The number of fused-ring (bicyclic) bond motifs is 1. The van der Waals surface area contributed by atoms with Gasteiger partial charge in [0.15, 0.2) is 0 Å². The number of anilines is 1. The second kappa shape index (κ2) is 5.83. The normalized spacial score (nSPS) is 11.6. The summed E-state index contributed by atoms with van der Waals surface area (Å²) in [4.78, 5) is 4.46.